The molecule has 0 radical (unpaired) electrons. The van der Waals surface area contributed by atoms with Crippen LogP contribution >= 0.6 is 11.6 Å². The number of ether oxygens (including phenoxy) is 1. The first-order valence-electron chi connectivity index (χ1n) is 4.53. The summed E-state index contributed by atoms with van der Waals surface area (Å²) in [5.41, 5.74) is 0.548. The summed E-state index contributed by atoms with van der Waals surface area (Å²) in [4.78, 5) is 0. The molecule has 0 amide bonds. The predicted molar refractivity (Wildman–Crippen MR) is 56.5 cm³/mol. The van der Waals surface area contributed by atoms with Gasteiger partial charge in [0.15, 0.2) is 0 Å². The van der Waals surface area contributed by atoms with Gasteiger partial charge < -0.3 is 4.74 Å². The van der Waals surface area contributed by atoms with Crippen LogP contribution in [0.1, 0.15) is 25.8 Å². The fraction of sp³-hybridized carbons (Fsp3) is 0.364. The molecule has 0 aromatic heterocycles. The van der Waals surface area contributed by atoms with Gasteiger partial charge in [-0.05, 0) is 31.5 Å². The maximum absolute atomic E-state index is 8.63. The maximum atomic E-state index is 8.63. The average molecular weight is 210 g/mol. The number of nitriles is 1. The molecule has 1 aromatic carbocycles. The first-order chi connectivity index (χ1) is 6.67. The summed E-state index contributed by atoms with van der Waals surface area (Å²) in [7, 11) is 0. The van der Waals surface area contributed by atoms with E-state index >= 15 is 0 Å². The van der Waals surface area contributed by atoms with E-state index in [4.69, 9.17) is 21.6 Å². The molecule has 0 fully saturated rings. The van der Waals surface area contributed by atoms with Crippen LogP contribution in [0.2, 0.25) is 5.02 Å². The molecular weight excluding hydrogens is 198 g/mol. The molecule has 0 aliphatic heterocycles. The van der Waals surface area contributed by atoms with Crippen molar-refractivity contribution in [2.24, 2.45) is 0 Å². The molecule has 1 aromatic rings. The SMILES string of the molecule is CCC(C)Oc1ccc(C#N)cc1Cl. The molecule has 1 rings (SSSR count). The Kier molecular flexibility index (Phi) is 3.79. The zero-order valence-corrected chi connectivity index (χ0v) is 9.01. The number of benzene rings is 1. The van der Waals surface area contributed by atoms with Gasteiger partial charge in [0.05, 0.1) is 22.8 Å². The lowest BCUT2D eigenvalue weighted by atomic mass is 10.2. The molecule has 0 saturated carbocycles. The van der Waals surface area contributed by atoms with E-state index in [0.717, 1.165) is 6.42 Å². The minimum Gasteiger partial charge on any atom is -0.489 e. The van der Waals surface area contributed by atoms with E-state index in [1.165, 1.54) is 0 Å². The Morgan fingerprint density at radius 2 is 2.29 bits per heavy atom. The van der Waals surface area contributed by atoms with Gasteiger partial charge in [0.25, 0.3) is 0 Å². The number of rotatable bonds is 3. The number of halogens is 1. The van der Waals surface area contributed by atoms with E-state index in [2.05, 4.69) is 0 Å². The third kappa shape index (κ3) is 2.65. The van der Waals surface area contributed by atoms with E-state index < -0.39 is 0 Å². The summed E-state index contributed by atoms with van der Waals surface area (Å²) in [6, 6.07) is 7.06. The Morgan fingerprint density at radius 3 is 2.79 bits per heavy atom. The summed E-state index contributed by atoms with van der Waals surface area (Å²) in [6.45, 7) is 4.02. The van der Waals surface area contributed by atoms with Crippen LogP contribution < -0.4 is 4.74 Å². The summed E-state index contributed by atoms with van der Waals surface area (Å²) >= 11 is 5.93. The second kappa shape index (κ2) is 4.88. The molecular formula is C11H12ClNO. The highest BCUT2D eigenvalue weighted by molar-refractivity contribution is 6.32. The molecule has 1 atom stereocenters. The van der Waals surface area contributed by atoms with Crippen LogP contribution in [0.25, 0.3) is 0 Å². The lowest BCUT2D eigenvalue weighted by Gasteiger charge is -2.13. The van der Waals surface area contributed by atoms with Crippen LogP contribution in [0.5, 0.6) is 5.75 Å². The highest BCUT2D eigenvalue weighted by Gasteiger charge is 2.06. The molecule has 14 heavy (non-hydrogen) atoms. The lowest BCUT2D eigenvalue weighted by molar-refractivity contribution is 0.217. The van der Waals surface area contributed by atoms with Crippen molar-refractivity contribution < 1.29 is 4.74 Å². The lowest BCUT2D eigenvalue weighted by Crippen LogP contribution is -2.09. The first-order valence-corrected chi connectivity index (χ1v) is 4.91. The Bertz CT molecular complexity index is 357. The van der Waals surface area contributed by atoms with E-state index in [-0.39, 0.29) is 6.10 Å². The summed E-state index contributed by atoms with van der Waals surface area (Å²) in [6.07, 6.45) is 1.07. The van der Waals surface area contributed by atoms with Crippen molar-refractivity contribution in [2.75, 3.05) is 0 Å². The zero-order chi connectivity index (χ0) is 10.6. The standard InChI is InChI=1S/C11H12ClNO/c1-3-8(2)14-11-5-4-9(7-13)6-10(11)12/h4-6,8H,3H2,1-2H3. The van der Waals surface area contributed by atoms with Crippen molar-refractivity contribution >= 4 is 11.6 Å². The predicted octanol–water partition coefficient (Wildman–Crippen LogP) is 3.39. The van der Waals surface area contributed by atoms with Gasteiger partial charge in [0.2, 0.25) is 0 Å². The van der Waals surface area contributed by atoms with Gasteiger partial charge in [-0.3, -0.25) is 0 Å². The largest absolute Gasteiger partial charge is 0.489 e. The van der Waals surface area contributed by atoms with E-state index in [0.29, 0.717) is 16.3 Å². The second-order valence-corrected chi connectivity index (χ2v) is 3.50. The van der Waals surface area contributed by atoms with Gasteiger partial charge in [0, 0.05) is 0 Å². The summed E-state index contributed by atoms with van der Waals surface area (Å²) < 4.78 is 5.55. The summed E-state index contributed by atoms with van der Waals surface area (Å²) in [5.74, 6) is 0.639. The van der Waals surface area contributed by atoms with Crippen molar-refractivity contribution in [1.82, 2.24) is 0 Å². The van der Waals surface area contributed by atoms with Crippen molar-refractivity contribution in [2.45, 2.75) is 26.4 Å². The maximum Gasteiger partial charge on any atom is 0.138 e. The van der Waals surface area contributed by atoms with Crippen LogP contribution in [0.15, 0.2) is 18.2 Å². The smallest absolute Gasteiger partial charge is 0.138 e. The number of hydrogen-bond acceptors (Lipinski definition) is 2. The monoisotopic (exact) mass is 209 g/mol. The first kappa shape index (κ1) is 10.9. The quantitative estimate of drug-likeness (QED) is 0.765. The van der Waals surface area contributed by atoms with Gasteiger partial charge >= 0.3 is 0 Å². The minimum atomic E-state index is 0.139. The van der Waals surface area contributed by atoms with Crippen LogP contribution in [0.4, 0.5) is 0 Å². The van der Waals surface area contributed by atoms with Gasteiger partial charge in [-0.1, -0.05) is 18.5 Å². The van der Waals surface area contributed by atoms with Crippen molar-refractivity contribution in [3.63, 3.8) is 0 Å². The normalized spacial score (nSPS) is 11.9. The molecule has 0 spiro atoms. The number of nitrogens with zero attached hydrogens (tertiary/aromatic N) is 1. The Hall–Kier alpha value is -1.20. The molecule has 2 nitrogen and oxygen atoms in total. The fourth-order valence-electron chi connectivity index (χ4n) is 0.966. The molecule has 0 aliphatic rings. The second-order valence-electron chi connectivity index (χ2n) is 3.09. The fourth-order valence-corrected chi connectivity index (χ4v) is 1.19. The Balaban J connectivity index is 2.85. The molecule has 1 unspecified atom stereocenters. The Morgan fingerprint density at radius 1 is 1.57 bits per heavy atom. The van der Waals surface area contributed by atoms with Crippen molar-refractivity contribution in [3.05, 3.63) is 28.8 Å². The molecule has 0 aliphatic carbocycles. The van der Waals surface area contributed by atoms with Crippen LogP contribution in [-0.2, 0) is 0 Å². The highest BCUT2D eigenvalue weighted by Crippen LogP contribution is 2.26. The van der Waals surface area contributed by atoms with Crippen LogP contribution in [-0.4, -0.2) is 6.10 Å². The Labute approximate surface area is 89.1 Å². The average Bonchev–Trinajstić information content (AvgIpc) is 2.20. The number of hydrogen-bond donors (Lipinski definition) is 0. The van der Waals surface area contributed by atoms with E-state index in [1.807, 2.05) is 19.9 Å². The van der Waals surface area contributed by atoms with Gasteiger partial charge in [-0.2, -0.15) is 5.26 Å². The van der Waals surface area contributed by atoms with Gasteiger partial charge in [0.1, 0.15) is 5.75 Å². The van der Waals surface area contributed by atoms with Crippen LogP contribution in [0.3, 0.4) is 0 Å². The molecule has 3 heteroatoms. The van der Waals surface area contributed by atoms with Crippen molar-refractivity contribution in [3.8, 4) is 11.8 Å². The van der Waals surface area contributed by atoms with Crippen LogP contribution in [0, 0.1) is 11.3 Å². The van der Waals surface area contributed by atoms with Gasteiger partial charge in [-0.15, -0.1) is 0 Å². The third-order valence-electron chi connectivity index (χ3n) is 1.96. The zero-order valence-electron chi connectivity index (χ0n) is 8.25. The molecule has 0 bridgehead atoms. The third-order valence-corrected chi connectivity index (χ3v) is 2.26. The van der Waals surface area contributed by atoms with E-state index in [9.17, 15) is 0 Å². The molecule has 0 N–H and O–H groups in total. The highest BCUT2D eigenvalue weighted by atomic mass is 35.5. The summed E-state index contributed by atoms with van der Waals surface area (Å²) in [5, 5.41) is 9.12. The minimum absolute atomic E-state index is 0.139. The van der Waals surface area contributed by atoms with Gasteiger partial charge in [-0.25, -0.2) is 0 Å². The molecule has 0 heterocycles. The van der Waals surface area contributed by atoms with E-state index in [1.54, 1.807) is 18.2 Å². The topological polar surface area (TPSA) is 33.0 Å². The molecule has 0 saturated heterocycles. The molecule has 74 valence electrons. The van der Waals surface area contributed by atoms with Crippen molar-refractivity contribution in [1.29, 1.82) is 5.26 Å².